The van der Waals surface area contributed by atoms with Crippen molar-refractivity contribution in [2.45, 2.75) is 57.7 Å². The van der Waals surface area contributed by atoms with E-state index >= 15 is 0 Å². The molecule has 0 bridgehead atoms. The summed E-state index contributed by atoms with van der Waals surface area (Å²) in [6, 6.07) is 2.00. The van der Waals surface area contributed by atoms with Crippen molar-refractivity contribution < 1.29 is 9.53 Å². The van der Waals surface area contributed by atoms with Crippen molar-refractivity contribution in [3.05, 3.63) is 11.8 Å². The van der Waals surface area contributed by atoms with Crippen molar-refractivity contribution >= 4 is 5.97 Å². The second-order valence-corrected chi connectivity index (χ2v) is 6.32. The molecule has 0 aromatic rings. The van der Waals surface area contributed by atoms with Crippen molar-refractivity contribution in [1.29, 1.82) is 5.26 Å². The quantitative estimate of drug-likeness (QED) is 0.459. The number of methoxy groups -OCH3 is 1. The molecule has 0 aromatic heterocycles. The lowest BCUT2D eigenvalue weighted by atomic mass is 9.79. The highest BCUT2D eigenvalue weighted by molar-refractivity contribution is 5.88. The maximum absolute atomic E-state index is 11.6. The summed E-state index contributed by atoms with van der Waals surface area (Å²) < 4.78 is 4.67. The van der Waals surface area contributed by atoms with Crippen LogP contribution in [0.4, 0.5) is 0 Å². The fraction of sp³-hybridized carbons (Fsp3) is 0.714. The van der Waals surface area contributed by atoms with Gasteiger partial charge in [-0.05, 0) is 40.5 Å². The average molecular weight is 265 g/mol. The molecule has 5 heteroatoms. The minimum atomic E-state index is -0.504. The summed E-state index contributed by atoms with van der Waals surface area (Å²) in [5.74, 6) is -0.504. The van der Waals surface area contributed by atoms with Crippen molar-refractivity contribution in [2.24, 2.45) is 0 Å². The summed E-state index contributed by atoms with van der Waals surface area (Å²) >= 11 is 0. The molecule has 0 saturated carbocycles. The normalized spacial score (nSPS) is 22.4. The summed E-state index contributed by atoms with van der Waals surface area (Å²) in [5, 5.41) is 15.4. The Bertz CT molecular complexity index is 403. The monoisotopic (exact) mass is 265 g/mol. The van der Waals surface area contributed by atoms with Gasteiger partial charge in [-0.2, -0.15) is 5.26 Å². The molecule has 0 amide bonds. The molecule has 5 nitrogen and oxygen atoms in total. The Morgan fingerprint density at radius 3 is 2.32 bits per heavy atom. The summed E-state index contributed by atoms with van der Waals surface area (Å²) in [4.78, 5) is 11.6. The highest BCUT2D eigenvalue weighted by atomic mass is 16.5. The highest BCUT2D eigenvalue weighted by Gasteiger charge is 2.38. The van der Waals surface area contributed by atoms with E-state index in [4.69, 9.17) is 5.26 Å². The Hall–Kier alpha value is -1.54. The molecular formula is C14H23N3O2. The van der Waals surface area contributed by atoms with Gasteiger partial charge in [0.15, 0.2) is 0 Å². The van der Waals surface area contributed by atoms with Gasteiger partial charge in [-0.1, -0.05) is 0 Å². The average Bonchev–Trinajstić information content (AvgIpc) is 2.23. The first-order chi connectivity index (χ1) is 8.69. The summed E-state index contributed by atoms with van der Waals surface area (Å²) in [6.07, 6.45) is 2.94. The fourth-order valence-electron chi connectivity index (χ4n) is 2.98. The Morgan fingerprint density at radius 1 is 1.37 bits per heavy atom. The predicted octanol–water partition coefficient (Wildman–Crippen LogP) is 1.47. The minimum absolute atomic E-state index is 0.0205. The molecule has 0 spiro atoms. The molecule has 1 aliphatic heterocycles. The molecule has 0 atom stereocenters. The smallest absolute Gasteiger partial charge is 0.354 e. The Kier molecular flexibility index (Phi) is 4.59. The first-order valence-electron chi connectivity index (χ1n) is 6.43. The van der Waals surface area contributed by atoms with Gasteiger partial charge in [-0.15, -0.1) is 0 Å². The Morgan fingerprint density at radius 2 is 1.89 bits per heavy atom. The van der Waals surface area contributed by atoms with Crippen LogP contribution in [-0.4, -0.2) is 30.2 Å². The van der Waals surface area contributed by atoms with Gasteiger partial charge < -0.3 is 15.4 Å². The molecule has 1 rings (SSSR count). The maximum atomic E-state index is 11.6. The van der Waals surface area contributed by atoms with Gasteiger partial charge in [0.1, 0.15) is 5.70 Å². The molecule has 0 unspecified atom stereocenters. The number of carbonyl (C=O) groups excluding carboxylic acids is 1. The zero-order chi connectivity index (χ0) is 14.7. The number of nitrogens with one attached hydrogen (secondary N) is 2. The zero-order valence-electron chi connectivity index (χ0n) is 12.3. The lowest BCUT2D eigenvalue weighted by Crippen LogP contribution is -2.61. The zero-order valence-corrected chi connectivity index (χ0v) is 12.3. The van der Waals surface area contributed by atoms with Crippen molar-refractivity contribution in [3.8, 4) is 6.07 Å². The molecule has 1 heterocycles. The van der Waals surface area contributed by atoms with E-state index < -0.39 is 5.97 Å². The van der Waals surface area contributed by atoms with E-state index in [1.165, 1.54) is 13.2 Å². The lowest BCUT2D eigenvalue weighted by molar-refractivity contribution is -0.136. The molecule has 0 radical (unpaired) electrons. The summed E-state index contributed by atoms with van der Waals surface area (Å²) in [7, 11) is 1.31. The standard InChI is InChI=1S/C14H23N3O2/c1-13(2)8-10(9-14(3,4)17-13)16-11(6-7-15)12(18)19-5/h6,10,16-17H,8-9H2,1-5H3/b11-6+. The largest absolute Gasteiger partial charge is 0.464 e. The maximum Gasteiger partial charge on any atom is 0.354 e. The minimum Gasteiger partial charge on any atom is -0.464 e. The molecular weight excluding hydrogens is 242 g/mol. The van der Waals surface area contributed by atoms with Gasteiger partial charge in [0, 0.05) is 23.2 Å². The van der Waals surface area contributed by atoms with Gasteiger partial charge in [0.2, 0.25) is 0 Å². The van der Waals surface area contributed by atoms with Crippen LogP contribution in [0.15, 0.2) is 11.8 Å². The van der Waals surface area contributed by atoms with Crippen LogP contribution in [0.2, 0.25) is 0 Å². The number of ether oxygens (including phenoxy) is 1. The number of allylic oxidation sites excluding steroid dienone is 1. The number of carbonyl (C=O) groups is 1. The van der Waals surface area contributed by atoms with Gasteiger partial charge in [-0.3, -0.25) is 0 Å². The van der Waals surface area contributed by atoms with E-state index in [1.54, 1.807) is 0 Å². The number of nitriles is 1. The van der Waals surface area contributed by atoms with Gasteiger partial charge >= 0.3 is 5.97 Å². The first-order valence-corrected chi connectivity index (χ1v) is 6.43. The third kappa shape index (κ3) is 4.56. The van der Waals surface area contributed by atoms with Gasteiger partial charge in [0.05, 0.1) is 13.2 Å². The van der Waals surface area contributed by atoms with Crippen molar-refractivity contribution in [3.63, 3.8) is 0 Å². The second kappa shape index (κ2) is 5.62. The third-order valence-electron chi connectivity index (χ3n) is 3.16. The molecule has 106 valence electrons. The Labute approximate surface area is 115 Å². The van der Waals surface area contributed by atoms with E-state index in [0.717, 1.165) is 12.8 Å². The number of hydrogen-bond acceptors (Lipinski definition) is 5. The molecule has 1 saturated heterocycles. The van der Waals surface area contributed by atoms with Crippen LogP contribution in [0, 0.1) is 11.3 Å². The van der Waals surface area contributed by atoms with Crippen LogP contribution in [0.25, 0.3) is 0 Å². The lowest BCUT2D eigenvalue weighted by Gasteiger charge is -2.46. The first kappa shape index (κ1) is 15.5. The second-order valence-electron chi connectivity index (χ2n) is 6.32. The van der Waals surface area contributed by atoms with Crippen molar-refractivity contribution in [1.82, 2.24) is 10.6 Å². The van der Waals surface area contributed by atoms with Gasteiger partial charge in [-0.25, -0.2) is 4.79 Å². The summed E-state index contributed by atoms with van der Waals surface area (Å²) in [6.45, 7) is 8.53. The van der Waals surface area contributed by atoms with Crippen LogP contribution in [0.5, 0.6) is 0 Å². The van der Waals surface area contributed by atoms with E-state index in [-0.39, 0.29) is 22.8 Å². The summed E-state index contributed by atoms with van der Waals surface area (Å²) in [5.41, 5.74) is 0.184. The van der Waals surface area contributed by atoms with Crippen LogP contribution in [0.1, 0.15) is 40.5 Å². The number of rotatable bonds is 3. The van der Waals surface area contributed by atoms with Crippen LogP contribution >= 0.6 is 0 Å². The molecule has 2 N–H and O–H groups in total. The van der Waals surface area contributed by atoms with Gasteiger partial charge in [0.25, 0.3) is 0 Å². The topological polar surface area (TPSA) is 74.2 Å². The fourth-order valence-corrected chi connectivity index (χ4v) is 2.98. The highest BCUT2D eigenvalue weighted by Crippen LogP contribution is 2.28. The van der Waals surface area contributed by atoms with Crippen molar-refractivity contribution in [2.75, 3.05) is 7.11 Å². The van der Waals surface area contributed by atoms with E-state index in [0.29, 0.717) is 0 Å². The number of esters is 1. The third-order valence-corrected chi connectivity index (χ3v) is 3.16. The van der Waals surface area contributed by atoms with Crippen LogP contribution in [0.3, 0.4) is 0 Å². The van der Waals surface area contributed by atoms with Crippen LogP contribution in [-0.2, 0) is 9.53 Å². The predicted molar refractivity (Wildman–Crippen MR) is 73.2 cm³/mol. The Balaban J connectivity index is 2.83. The molecule has 0 aromatic carbocycles. The molecule has 19 heavy (non-hydrogen) atoms. The number of nitrogens with zero attached hydrogens (tertiary/aromatic N) is 1. The van der Waals surface area contributed by atoms with E-state index in [1.807, 2.05) is 6.07 Å². The SMILES string of the molecule is COC(=O)/C(=C\C#N)NC1CC(C)(C)NC(C)(C)C1. The number of hydrogen-bond donors (Lipinski definition) is 2. The van der Waals surface area contributed by atoms with E-state index in [2.05, 4.69) is 43.1 Å². The van der Waals surface area contributed by atoms with Crippen LogP contribution < -0.4 is 10.6 Å². The molecule has 1 aliphatic rings. The molecule has 1 fully saturated rings. The number of piperidine rings is 1. The van der Waals surface area contributed by atoms with E-state index in [9.17, 15) is 4.79 Å². The molecule has 0 aliphatic carbocycles.